The Morgan fingerprint density at radius 1 is 0.981 bits per heavy atom. The third kappa shape index (κ3) is 5.33. The topological polar surface area (TPSA) is 184 Å². The second kappa shape index (κ2) is 12.6. The van der Waals surface area contributed by atoms with Crippen LogP contribution in [0.3, 0.4) is 0 Å². The van der Waals surface area contributed by atoms with E-state index in [-0.39, 0.29) is 60.0 Å². The van der Waals surface area contributed by atoms with Gasteiger partial charge in [-0.25, -0.2) is 9.69 Å². The van der Waals surface area contributed by atoms with Gasteiger partial charge < -0.3 is 15.4 Å². The van der Waals surface area contributed by atoms with Crippen molar-refractivity contribution in [2.24, 2.45) is 0 Å². The van der Waals surface area contributed by atoms with Gasteiger partial charge in [0.2, 0.25) is 11.8 Å². The Morgan fingerprint density at radius 3 is 2.58 bits per heavy atom. The molecule has 8 amide bonds. The molecule has 3 aromatic carbocycles. The van der Waals surface area contributed by atoms with E-state index in [4.69, 9.17) is 16.3 Å². The first-order valence-electron chi connectivity index (χ1n) is 16.6. The summed E-state index contributed by atoms with van der Waals surface area (Å²) in [7, 11) is 0. The number of ether oxygens (including phenoxy) is 1. The number of anilines is 1. The van der Waals surface area contributed by atoms with Crippen molar-refractivity contribution in [3.05, 3.63) is 100 Å². The molecular formula is C37H29ClN6O8. The van der Waals surface area contributed by atoms with Gasteiger partial charge in [-0.2, -0.15) is 0 Å². The molecule has 1 unspecified atom stereocenters. The number of hydrogen-bond donors (Lipinski definition) is 3. The van der Waals surface area contributed by atoms with Gasteiger partial charge >= 0.3 is 6.03 Å². The van der Waals surface area contributed by atoms with Crippen LogP contribution < -0.4 is 25.6 Å². The van der Waals surface area contributed by atoms with E-state index in [1.807, 2.05) is 18.2 Å². The number of pyridine rings is 1. The largest absolute Gasteiger partial charge is 0.491 e. The molecule has 3 fully saturated rings. The Hall–Kier alpha value is -6.15. The van der Waals surface area contributed by atoms with Crippen LogP contribution in [0, 0.1) is 0 Å². The van der Waals surface area contributed by atoms with Crippen LogP contribution in [0.4, 0.5) is 10.5 Å². The van der Waals surface area contributed by atoms with Crippen LogP contribution in [0.15, 0.2) is 73.1 Å². The van der Waals surface area contributed by atoms with Crippen LogP contribution in [-0.2, 0) is 14.4 Å². The second-order valence-electron chi connectivity index (χ2n) is 13.1. The van der Waals surface area contributed by atoms with Gasteiger partial charge in [-0.15, -0.1) is 0 Å². The summed E-state index contributed by atoms with van der Waals surface area (Å²) in [6, 6.07) is 15.1. The number of amides is 8. The second-order valence-corrected chi connectivity index (χ2v) is 13.5. The monoisotopic (exact) mass is 720 g/mol. The van der Waals surface area contributed by atoms with Gasteiger partial charge in [-0.05, 0) is 61.1 Å². The SMILES string of the molecule is O=C1CCC(N2C(=O)c3cccc(OCCNC(=O)c4ccc5cncc(N6C(=O)NC7(CC(c8ccccc8Cl)C7)C6=O)c5c4)c3C2=O)C(=O)N1. The zero-order chi connectivity index (χ0) is 36.3. The lowest BCUT2D eigenvalue weighted by Crippen LogP contribution is -2.56. The Labute approximate surface area is 300 Å². The predicted molar refractivity (Wildman–Crippen MR) is 185 cm³/mol. The minimum absolute atomic E-state index is 0.000322. The zero-order valence-corrected chi connectivity index (χ0v) is 28.1. The average molecular weight is 721 g/mol. The summed E-state index contributed by atoms with van der Waals surface area (Å²) in [5.41, 5.74) is 0.452. The quantitative estimate of drug-likeness (QED) is 0.139. The molecule has 14 nitrogen and oxygen atoms in total. The molecule has 2 saturated heterocycles. The van der Waals surface area contributed by atoms with E-state index in [0.29, 0.717) is 28.6 Å². The molecule has 1 atom stereocenters. The highest BCUT2D eigenvalue weighted by atomic mass is 35.5. The normalized spacial score (nSPS) is 22.4. The summed E-state index contributed by atoms with van der Waals surface area (Å²) in [6.45, 7) is -0.0462. The van der Waals surface area contributed by atoms with Gasteiger partial charge in [0.15, 0.2) is 0 Å². The summed E-state index contributed by atoms with van der Waals surface area (Å²) in [6.07, 6.45) is 3.83. The van der Waals surface area contributed by atoms with Crippen LogP contribution in [0.1, 0.15) is 68.2 Å². The van der Waals surface area contributed by atoms with E-state index in [2.05, 4.69) is 20.9 Å². The summed E-state index contributed by atoms with van der Waals surface area (Å²) < 4.78 is 5.82. The third-order valence-corrected chi connectivity index (χ3v) is 10.4. The van der Waals surface area contributed by atoms with Gasteiger partial charge in [0.25, 0.3) is 23.6 Å². The Bertz CT molecular complexity index is 2270. The molecule has 262 valence electrons. The number of urea groups is 1. The maximum Gasteiger partial charge on any atom is 0.329 e. The minimum Gasteiger partial charge on any atom is -0.491 e. The summed E-state index contributed by atoms with van der Waals surface area (Å²) in [5, 5.41) is 9.50. The molecule has 3 aliphatic heterocycles. The van der Waals surface area contributed by atoms with E-state index in [1.54, 1.807) is 36.5 Å². The molecule has 8 rings (SSSR count). The molecule has 1 aliphatic carbocycles. The number of benzene rings is 3. The highest BCUT2D eigenvalue weighted by Crippen LogP contribution is 2.50. The number of piperidine rings is 1. The van der Waals surface area contributed by atoms with E-state index < -0.39 is 53.1 Å². The summed E-state index contributed by atoms with van der Waals surface area (Å²) in [5.74, 6) is -3.27. The maximum absolute atomic E-state index is 13.8. The molecule has 4 heterocycles. The fourth-order valence-electron chi connectivity index (χ4n) is 7.42. The van der Waals surface area contributed by atoms with E-state index in [1.165, 1.54) is 18.3 Å². The van der Waals surface area contributed by atoms with Gasteiger partial charge in [-0.1, -0.05) is 41.9 Å². The molecule has 4 aromatic rings. The molecule has 1 saturated carbocycles. The molecule has 1 aromatic heterocycles. The summed E-state index contributed by atoms with van der Waals surface area (Å²) >= 11 is 6.38. The van der Waals surface area contributed by atoms with Crippen molar-refractivity contribution in [3.63, 3.8) is 0 Å². The fraction of sp³-hybridized carbons (Fsp3) is 0.243. The maximum atomic E-state index is 13.8. The number of fused-ring (bicyclic) bond motifs is 2. The first kappa shape index (κ1) is 33.0. The van der Waals surface area contributed by atoms with Gasteiger partial charge in [0, 0.05) is 34.0 Å². The van der Waals surface area contributed by atoms with Crippen molar-refractivity contribution >= 4 is 69.5 Å². The van der Waals surface area contributed by atoms with Gasteiger partial charge in [0.05, 0.1) is 29.6 Å². The molecule has 4 aliphatic rings. The molecule has 1 spiro atoms. The molecule has 3 N–H and O–H groups in total. The van der Waals surface area contributed by atoms with Crippen LogP contribution in [0.25, 0.3) is 10.8 Å². The summed E-state index contributed by atoms with van der Waals surface area (Å²) in [4.78, 5) is 96.9. The van der Waals surface area contributed by atoms with Crippen molar-refractivity contribution in [1.29, 1.82) is 0 Å². The van der Waals surface area contributed by atoms with Crippen LogP contribution in [0.2, 0.25) is 5.02 Å². The van der Waals surface area contributed by atoms with E-state index >= 15 is 0 Å². The van der Waals surface area contributed by atoms with Crippen molar-refractivity contribution in [1.82, 2.24) is 25.8 Å². The lowest BCUT2D eigenvalue weighted by atomic mass is 9.65. The first-order valence-corrected chi connectivity index (χ1v) is 17.0. The van der Waals surface area contributed by atoms with E-state index in [0.717, 1.165) is 15.4 Å². The zero-order valence-electron chi connectivity index (χ0n) is 27.3. The van der Waals surface area contributed by atoms with Crippen LogP contribution in [-0.4, -0.2) is 76.1 Å². The number of carbonyl (C=O) groups excluding carboxylic acids is 7. The Balaban J connectivity index is 0.935. The molecule has 52 heavy (non-hydrogen) atoms. The van der Waals surface area contributed by atoms with Crippen LogP contribution >= 0.6 is 11.6 Å². The minimum atomic E-state index is -1.11. The number of imide groups is 3. The predicted octanol–water partition coefficient (Wildman–Crippen LogP) is 3.47. The number of halogens is 1. The van der Waals surface area contributed by atoms with Crippen molar-refractivity contribution in [3.8, 4) is 5.75 Å². The number of nitrogens with one attached hydrogen (secondary N) is 3. The number of hydrogen-bond acceptors (Lipinski definition) is 9. The highest BCUT2D eigenvalue weighted by Gasteiger charge is 2.59. The van der Waals surface area contributed by atoms with Gasteiger partial charge in [0.1, 0.15) is 23.9 Å². The van der Waals surface area contributed by atoms with Crippen molar-refractivity contribution in [2.75, 3.05) is 18.1 Å². The molecule has 15 heteroatoms. The van der Waals surface area contributed by atoms with E-state index in [9.17, 15) is 33.6 Å². The molecular weight excluding hydrogens is 692 g/mol. The Morgan fingerprint density at radius 2 is 1.79 bits per heavy atom. The number of carbonyl (C=O) groups is 7. The van der Waals surface area contributed by atoms with Crippen molar-refractivity contribution < 1.29 is 38.3 Å². The lowest BCUT2D eigenvalue weighted by molar-refractivity contribution is -0.136. The smallest absolute Gasteiger partial charge is 0.329 e. The third-order valence-electron chi connectivity index (χ3n) is 10.0. The first-order chi connectivity index (χ1) is 25.1. The number of nitrogens with zero attached hydrogens (tertiary/aromatic N) is 3. The fourth-order valence-corrected chi connectivity index (χ4v) is 7.71. The standard InChI is InChI=1S/C37H29ClN6O8/c38-25-6-2-1-4-22(25)21-15-37(16-21)35(50)44(36(51)42-37)27-18-39-17-20-9-8-19(14-24(20)27)31(46)40-12-13-52-28-7-3-5-23-30(28)34(49)43(33(23)48)26-10-11-29(45)41-32(26)47/h1-9,14,17-18,21,26H,10-13,15-16H2,(H,40,46)(H,42,51)(H,41,45,47). The lowest BCUT2D eigenvalue weighted by Gasteiger charge is -2.43. The Kier molecular flexibility index (Phi) is 7.98. The highest BCUT2D eigenvalue weighted by molar-refractivity contribution is 6.31. The average Bonchev–Trinajstić information content (AvgIpc) is 3.53. The molecule has 0 bridgehead atoms. The number of aromatic nitrogens is 1. The van der Waals surface area contributed by atoms with Crippen LogP contribution in [0.5, 0.6) is 5.75 Å². The van der Waals surface area contributed by atoms with Crippen molar-refractivity contribution in [2.45, 2.75) is 43.2 Å². The number of rotatable bonds is 8. The van der Waals surface area contributed by atoms with Gasteiger partial charge in [-0.3, -0.25) is 44.0 Å². The molecule has 0 radical (unpaired) electrons.